The second kappa shape index (κ2) is 11.0. The molecule has 0 saturated heterocycles. The van der Waals surface area contributed by atoms with E-state index in [0.29, 0.717) is 23.7 Å². The fourth-order valence-corrected chi connectivity index (χ4v) is 2.77. The van der Waals surface area contributed by atoms with Gasteiger partial charge < -0.3 is 9.47 Å². The first kappa shape index (κ1) is 23.9. The lowest BCUT2D eigenvalue weighted by atomic mass is 10.0. The van der Waals surface area contributed by atoms with E-state index in [1.165, 1.54) is 11.1 Å². The van der Waals surface area contributed by atoms with Crippen LogP contribution in [0.2, 0.25) is 0 Å². The highest BCUT2D eigenvalue weighted by molar-refractivity contribution is 5.36. The molecule has 2 rings (SSSR count). The largest absolute Gasteiger partial charge is 0.496 e. The van der Waals surface area contributed by atoms with Crippen molar-refractivity contribution >= 4 is 0 Å². The molecule has 28 heavy (non-hydrogen) atoms. The van der Waals surface area contributed by atoms with E-state index in [1.54, 1.807) is 14.2 Å². The Morgan fingerprint density at radius 1 is 0.643 bits per heavy atom. The van der Waals surface area contributed by atoms with Crippen molar-refractivity contribution in [3.8, 4) is 11.5 Å². The Labute approximate surface area is 171 Å². The van der Waals surface area contributed by atoms with Crippen LogP contribution in [-0.4, -0.2) is 24.2 Å². The quantitative estimate of drug-likeness (QED) is 0.556. The van der Waals surface area contributed by atoms with Gasteiger partial charge in [0.15, 0.2) is 0 Å². The van der Waals surface area contributed by atoms with Crippen LogP contribution in [0.1, 0.15) is 102 Å². The highest BCUT2D eigenvalue weighted by Gasteiger charge is 2.11. The van der Waals surface area contributed by atoms with Gasteiger partial charge in [-0.05, 0) is 35.3 Å². The Hall–Kier alpha value is -2.10. The summed E-state index contributed by atoms with van der Waals surface area (Å²) in [6.45, 7) is 17.1. The molecule has 2 aromatic heterocycles. The summed E-state index contributed by atoms with van der Waals surface area (Å²) in [6.07, 6.45) is 3.88. The molecule has 0 saturated carbocycles. The van der Waals surface area contributed by atoms with Crippen LogP contribution in [0.15, 0.2) is 24.5 Å². The molecule has 2 aromatic rings. The van der Waals surface area contributed by atoms with Crippen molar-refractivity contribution < 1.29 is 9.47 Å². The molecule has 4 heteroatoms. The normalized spacial score (nSPS) is 11.1. The number of aromatic nitrogens is 2. The Morgan fingerprint density at radius 3 is 1.68 bits per heavy atom. The average Bonchev–Trinajstić information content (AvgIpc) is 2.66. The van der Waals surface area contributed by atoms with Gasteiger partial charge in [0.2, 0.25) is 0 Å². The van der Waals surface area contributed by atoms with Crippen molar-refractivity contribution in [2.24, 2.45) is 0 Å². The fraction of sp³-hybridized carbons (Fsp3) is 0.583. The highest BCUT2D eigenvalue weighted by Crippen LogP contribution is 2.28. The van der Waals surface area contributed by atoms with Crippen molar-refractivity contribution in [1.82, 2.24) is 9.97 Å². The molecule has 0 aliphatic heterocycles. The van der Waals surface area contributed by atoms with Crippen molar-refractivity contribution in [3.63, 3.8) is 0 Å². The second-order valence-corrected chi connectivity index (χ2v) is 8.33. The molecule has 0 amide bonds. The standard InChI is InChI=1S/2C12H19NO/c1-8(2)10-7-13-11(9(3)4)6-12(10)14-5;1-8(2)10-6-11(14-5)12(9(3)4)13-7-10/h2*6-9H,1-5H3. The molecule has 2 heterocycles. The van der Waals surface area contributed by atoms with Crippen LogP contribution in [0.4, 0.5) is 0 Å². The molecule has 0 aliphatic carbocycles. The first-order chi connectivity index (χ1) is 13.1. The van der Waals surface area contributed by atoms with E-state index >= 15 is 0 Å². The van der Waals surface area contributed by atoms with Gasteiger partial charge in [0.05, 0.1) is 19.9 Å². The number of nitrogens with zero attached hydrogens (tertiary/aromatic N) is 2. The first-order valence-electron chi connectivity index (χ1n) is 10.2. The average molecular weight is 387 g/mol. The van der Waals surface area contributed by atoms with E-state index in [-0.39, 0.29) is 0 Å². The van der Waals surface area contributed by atoms with Gasteiger partial charge in [-0.3, -0.25) is 9.97 Å². The minimum absolute atomic E-state index is 0.408. The van der Waals surface area contributed by atoms with Crippen molar-refractivity contribution in [1.29, 1.82) is 0 Å². The van der Waals surface area contributed by atoms with Gasteiger partial charge in [-0.15, -0.1) is 0 Å². The van der Waals surface area contributed by atoms with Crippen molar-refractivity contribution in [2.45, 2.75) is 79.1 Å². The van der Waals surface area contributed by atoms with Gasteiger partial charge in [0.25, 0.3) is 0 Å². The number of ether oxygens (including phenoxy) is 2. The third-order valence-corrected chi connectivity index (χ3v) is 4.69. The van der Waals surface area contributed by atoms with E-state index in [0.717, 1.165) is 22.9 Å². The predicted octanol–water partition coefficient (Wildman–Crippen LogP) is 6.67. The Kier molecular flexibility index (Phi) is 9.44. The summed E-state index contributed by atoms with van der Waals surface area (Å²) in [5, 5.41) is 0. The van der Waals surface area contributed by atoms with Crippen LogP contribution in [0.3, 0.4) is 0 Å². The highest BCUT2D eigenvalue weighted by atomic mass is 16.5. The number of rotatable bonds is 6. The maximum Gasteiger partial charge on any atom is 0.140 e. The summed E-state index contributed by atoms with van der Waals surface area (Å²) < 4.78 is 10.7. The van der Waals surface area contributed by atoms with Crippen LogP contribution in [0.25, 0.3) is 0 Å². The van der Waals surface area contributed by atoms with Crippen molar-refractivity contribution in [2.75, 3.05) is 14.2 Å². The monoisotopic (exact) mass is 386 g/mol. The zero-order chi connectivity index (χ0) is 21.4. The van der Waals surface area contributed by atoms with E-state index in [4.69, 9.17) is 9.47 Å². The zero-order valence-corrected chi connectivity index (χ0v) is 19.3. The Morgan fingerprint density at radius 2 is 1.25 bits per heavy atom. The van der Waals surface area contributed by atoms with Crippen molar-refractivity contribution in [3.05, 3.63) is 47.0 Å². The van der Waals surface area contributed by atoms with Gasteiger partial charge in [-0.25, -0.2) is 0 Å². The molecule has 0 unspecified atom stereocenters. The van der Waals surface area contributed by atoms with E-state index in [9.17, 15) is 0 Å². The molecule has 0 bridgehead atoms. The summed E-state index contributed by atoms with van der Waals surface area (Å²) in [5.41, 5.74) is 4.53. The van der Waals surface area contributed by atoms with Gasteiger partial charge in [-0.1, -0.05) is 55.4 Å². The number of hydrogen-bond acceptors (Lipinski definition) is 4. The minimum Gasteiger partial charge on any atom is -0.496 e. The fourth-order valence-electron chi connectivity index (χ4n) is 2.77. The van der Waals surface area contributed by atoms with Crippen LogP contribution in [0, 0.1) is 0 Å². The lowest BCUT2D eigenvalue weighted by molar-refractivity contribution is 0.403. The molecule has 156 valence electrons. The maximum atomic E-state index is 5.36. The molecule has 0 spiro atoms. The van der Waals surface area contributed by atoms with E-state index in [2.05, 4.69) is 71.4 Å². The lowest BCUT2D eigenvalue weighted by Gasteiger charge is -2.13. The van der Waals surface area contributed by atoms with Crippen LogP contribution >= 0.6 is 0 Å². The lowest BCUT2D eigenvalue weighted by Crippen LogP contribution is -2.00. The Bertz CT molecular complexity index is 674. The molecule has 0 aliphatic rings. The first-order valence-corrected chi connectivity index (χ1v) is 10.2. The SMILES string of the molecule is COc1cc(C(C)C)cnc1C(C)C.COc1cc(C(C)C)ncc1C(C)C. The Balaban J connectivity index is 0.000000280. The van der Waals surface area contributed by atoms with Gasteiger partial charge in [-0.2, -0.15) is 0 Å². The summed E-state index contributed by atoms with van der Waals surface area (Å²) in [7, 11) is 3.42. The molecule has 0 fully saturated rings. The van der Waals surface area contributed by atoms with E-state index < -0.39 is 0 Å². The molecular formula is C24H38N2O2. The maximum absolute atomic E-state index is 5.36. The van der Waals surface area contributed by atoms with Crippen LogP contribution in [0.5, 0.6) is 11.5 Å². The number of pyridine rings is 2. The molecule has 0 N–H and O–H groups in total. The predicted molar refractivity (Wildman–Crippen MR) is 118 cm³/mol. The number of methoxy groups -OCH3 is 2. The van der Waals surface area contributed by atoms with Crippen LogP contribution in [-0.2, 0) is 0 Å². The van der Waals surface area contributed by atoms with Gasteiger partial charge in [0.1, 0.15) is 11.5 Å². The smallest absolute Gasteiger partial charge is 0.140 e. The number of hydrogen-bond donors (Lipinski definition) is 0. The van der Waals surface area contributed by atoms with Gasteiger partial charge >= 0.3 is 0 Å². The molecule has 4 nitrogen and oxygen atoms in total. The third kappa shape index (κ3) is 6.50. The molecule has 0 atom stereocenters. The molecule has 0 aromatic carbocycles. The topological polar surface area (TPSA) is 44.2 Å². The summed E-state index contributed by atoms with van der Waals surface area (Å²) in [5.74, 6) is 3.68. The van der Waals surface area contributed by atoms with Gasteiger partial charge in [0, 0.05) is 29.7 Å². The summed E-state index contributed by atoms with van der Waals surface area (Å²) in [6, 6.07) is 4.13. The molecule has 0 radical (unpaired) electrons. The summed E-state index contributed by atoms with van der Waals surface area (Å²) >= 11 is 0. The second-order valence-electron chi connectivity index (χ2n) is 8.33. The zero-order valence-electron chi connectivity index (χ0n) is 19.3. The van der Waals surface area contributed by atoms with Crippen LogP contribution < -0.4 is 9.47 Å². The van der Waals surface area contributed by atoms with E-state index in [1.807, 2.05) is 18.5 Å². The summed E-state index contributed by atoms with van der Waals surface area (Å²) in [4.78, 5) is 8.87. The minimum atomic E-state index is 0.408. The third-order valence-electron chi connectivity index (χ3n) is 4.69. The molecular weight excluding hydrogens is 348 g/mol.